The highest BCUT2D eigenvalue weighted by Crippen LogP contribution is 2.02. The highest BCUT2D eigenvalue weighted by Gasteiger charge is 2.20. The molecule has 1 heterocycles. The van der Waals surface area contributed by atoms with E-state index in [1.165, 1.54) is 0 Å². The van der Waals surface area contributed by atoms with Gasteiger partial charge in [0.1, 0.15) is 0 Å². The molecule has 1 saturated heterocycles. The number of piperazine rings is 1. The summed E-state index contributed by atoms with van der Waals surface area (Å²) in [7, 11) is 5.47. The summed E-state index contributed by atoms with van der Waals surface area (Å²) >= 11 is 0. The Kier molecular flexibility index (Phi) is 5.49. The molecule has 0 aromatic heterocycles. The second-order valence-electron chi connectivity index (χ2n) is 4.05. The molecule has 1 N–H and O–H groups in total. The first-order valence-corrected chi connectivity index (χ1v) is 5.42. The zero-order valence-corrected chi connectivity index (χ0v) is 10.2. The summed E-state index contributed by atoms with van der Waals surface area (Å²) in [4.78, 5) is 2.33. The van der Waals surface area contributed by atoms with Crippen molar-refractivity contribution in [2.75, 3.05) is 47.4 Å². The quantitative estimate of drug-likeness (QED) is 0.643. The SMILES string of the molecule is COC(OC)C(C)NN1CCN(C)CC1. The highest BCUT2D eigenvalue weighted by molar-refractivity contribution is 4.70. The fourth-order valence-electron chi connectivity index (χ4n) is 1.79. The van der Waals surface area contributed by atoms with E-state index in [0.717, 1.165) is 26.2 Å². The van der Waals surface area contributed by atoms with Crippen LogP contribution in [0, 0.1) is 0 Å². The van der Waals surface area contributed by atoms with Gasteiger partial charge in [0.05, 0.1) is 6.04 Å². The van der Waals surface area contributed by atoms with E-state index >= 15 is 0 Å². The van der Waals surface area contributed by atoms with Gasteiger partial charge < -0.3 is 14.4 Å². The second kappa shape index (κ2) is 6.40. The van der Waals surface area contributed by atoms with Gasteiger partial charge in [0.25, 0.3) is 0 Å². The van der Waals surface area contributed by atoms with Crippen LogP contribution in [0.5, 0.6) is 0 Å². The van der Waals surface area contributed by atoms with Crippen LogP contribution in [0.15, 0.2) is 0 Å². The summed E-state index contributed by atoms with van der Waals surface area (Å²) in [6.07, 6.45) is -0.190. The number of nitrogens with zero attached hydrogens (tertiary/aromatic N) is 2. The summed E-state index contributed by atoms with van der Waals surface area (Å²) in [6.45, 7) is 6.35. The topological polar surface area (TPSA) is 37.0 Å². The Bertz CT molecular complexity index is 168. The molecule has 0 aliphatic carbocycles. The van der Waals surface area contributed by atoms with Gasteiger partial charge in [-0.1, -0.05) is 0 Å². The van der Waals surface area contributed by atoms with Crippen molar-refractivity contribution >= 4 is 0 Å². The Labute approximate surface area is 92.3 Å². The van der Waals surface area contributed by atoms with Crippen LogP contribution >= 0.6 is 0 Å². The number of likely N-dealkylation sites (N-methyl/N-ethyl adjacent to an activating group) is 1. The predicted molar refractivity (Wildman–Crippen MR) is 59.5 cm³/mol. The molecule has 90 valence electrons. The van der Waals surface area contributed by atoms with E-state index in [9.17, 15) is 0 Å². The van der Waals surface area contributed by atoms with Gasteiger partial charge in [-0.15, -0.1) is 0 Å². The molecule has 1 fully saturated rings. The molecule has 1 aliphatic rings. The van der Waals surface area contributed by atoms with Crippen molar-refractivity contribution in [3.63, 3.8) is 0 Å². The predicted octanol–water partition coefficient (Wildman–Crippen LogP) is -0.254. The minimum Gasteiger partial charge on any atom is -0.354 e. The third-order valence-corrected chi connectivity index (χ3v) is 2.76. The highest BCUT2D eigenvalue weighted by atomic mass is 16.7. The van der Waals surface area contributed by atoms with Crippen LogP contribution in [0.2, 0.25) is 0 Å². The van der Waals surface area contributed by atoms with Crippen molar-refractivity contribution in [3.8, 4) is 0 Å². The normalized spacial score (nSPS) is 22.2. The maximum Gasteiger partial charge on any atom is 0.173 e. The largest absolute Gasteiger partial charge is 0.354 e. The van der Waals surface area contributed by atoms with Crippen molar-refractivity contribution < 1.29 is 9.47 Å². The lowest BCUT2D eigenvalue weighted by Crippen LogP contribution is -2.56. The maximum atomic E-state index is 5.20. The van der Waals surface area contributed by atoms with Gasteiger partial charge >= 0.3 is 0 Å². The number of rotatable bonds is 5. The van der Waals surface area contributed by atoms with Crippen LogP contribution in [0.1, 0.15) is 6.92 Å². The molecule has 5 nitrogen and oxygen atoms in total. The van der Waals surface area contributed by atoms with Gasteiger partial charge in [0.15, 0.2) is 6.29 Å². The van der Waals surface area contributed by atoms with Gasteiger partial charge in [-0.25, -0.2) is 10.4 Å². The lowest BCUT2D eigenvalue weighted by atomic mass is 10.3. The molecule has 0 bridgehead atoms. The first-order chi connectivity index (χ1) is 7.17. The Morgan fingerprint density at radius 1 is 1.07 bits per heavy atom. The monoisotopic (exact) mass is 217 g/mol. The van der Waals surface area contributed by atoms with E-state index in [4.69, 9.17) is 9.47 Å². The minimum atomic E-state index is -0.190. The summed E-state index contributed by atoms with van der Waals surface area (Å²) in [5.41, 5.74) is 3.40. The van der Waals surface area contributed by atoms with Crippen LogP contribution in [-0.4, -0.2) is 69.7 Å². The van der Waals surface area contributed by atoms with Crippen LogP contribution in [0.4, 0.5) is 0 Å². The van der Waals surface area contributed by atoms with E-state index in [1.807, 2.05) is 0 Å². The van der Waals surface area contributed by atoms with Gasteiger partial charge in [0.2, 0.25) is 0 Å². The van der Waals surface area contributed by atoms with Crippen LogP contribution < -0.4 is 5.43 Å². The van der Waals surface area contributed by atoms with Crippen molar-refractivity contribution in [2.24, 2.45) is 0 Å². The zero-order chi connectivity index (χ0) is 11.3. The fraction of sp³-hybridized carbons (Fsp3) is 1.00. The molecule has 0 amide bonds. The molecule has 1 unspecified atom stereocenters. The fourth-order valence-corrected chi connectivity index (χ4v) is 1.79. The standard InChI is InChI=1S/C10H23N3O2/c1-9(10(14-3)15-4)11-13-7-5-12(2)6-8-13/h9-11H,5-8H2,1-4H3. The number of hydrogen-bond donors (Lipinski definition) is 1. The van der Waals surface area contributed by atoms with Gasteiger partial charge in [-0.3, -0.25) is 0 Å². The maximum absolute atomic E-state index is 5.20. The number of methoxy groups -OCH3 is 2. The third kappa shape index (κ3) is 4.04. The Morgan fingerprint density at radius 3 is 2.07 bits per heavy atom. The van der Waals surface area contributed by atoms with Crippen molar-refractivity contribution in [1.82, 2.24) is 15.3 Å². The number of hydrazine groups is 1. The zero-order valence-electron chi connectivity index (χ0n) is 10.2. The molecule has 15 heavy (non-hydrogen) atoms. The summed E-state index contributed by atoms with van der Waals surface area (Å²) in [6, 6.07) is 0.170. The van der Waals surface area contributed by atoms with Gasteiger partial charge in [-0.2, -0.15) is 0 Å². The molecule has 1 rings (SSSR count). The number of hydrogen-bond acceptors (Lipinski definition) is 5. The summed E-state index contributed by atoms with van der Waals surface area (Å²) in [5, 5.41) is 2.23. The van der Waals surface area contributed by atoms with E-state index in [-0.39, 0.29) is 12.3 Å². The molecule has 0 spiro atoms. The Balaban J connectivity index is 2.28. The molecule has 1 atom stereocenters. The van der Waals surface area contributed by atoms with E-state index in [0.29, 0.717) is 0 Å². The van der Waals surface area contributed by atoms with Crippen LogP contribution in [0.25, 0.3) is 0 Å². The molecule has 0 aromatic carbocycles. The van der Waals surface area contributed by atoms with E-state index in [1.54, 1.807) is 14.2 Å². The van der Waals surface area contributed by atoms with E-state index < -0.39 is 0 Å². The molecule has 0 saturated carbocycles. The Hall–Kier alpha value is -0.200. The summed E-state index contributed by atoms with van der Waals surface area (Å²) in [5.74, 6) is 0. The molecular weight excluding hydrogens is 194 g/mol. The molecule has 0 radical (unpaired) electrons. The van der Waals surface area contributed by atoms with Gasteiger partial charge in [-0.05, 0) is 14.0 Å². The van der Waals surface area contributed by atoms with Crippen LogP contribution in [0.3, 0.4) is 0 Å². The molecule has 0 aromatic rings. The van der Waals surface area contributed by atoms with E-state index in [2.05, 4.69) is 29.3 Å². The minimum absolute atomic E-state index is 0.170. The molecule has 5 heteroatoms. The average molecular weight is 217 g/mol. The number of ether oxygens (including phenoxy) is 2. The second-order valence-corrected chi connectivity index (χ2v) is 4.05. The lowest BCUT2D eigenvalue weighted by molar-refractivity contribution is -0.131. The number of nitrogens with one attached hydrogen (secondary N) is 1. The molecule has 1 aliphatic heterocycles. The Morgan fingerprint density at radius 2 is 1.60 bits per heavy atom. The van der Waals surface area contributed by atoms with Gasteiger partial charge in [0, 0.05) is 40.4 Å². The van der Waals surface area contributed by atoms with Crippen LogP contribution in [-0.2, 0) is 9.47 Å². The molecular formula is C10H23N3O2. The van der Waals surface area contributed by atoms with Crippen molar-refractivity contribution in [2.45, 2.75) is 19.3 Å². The smallest absolute Gasteiger partial charge is 0.173 e. The average Bonchev–Trinajstić information content (AvgIpc) is 2.23. The van der Waals surface area contributed by atoms with Crippen molar-refractivity contribution in [1.29, 1.82) is 0 Å². The lowest BCUT2D eigenvalue weighted by Gasteiger charge is -2.35. The third-order valence-electron chi connectivity index (χ3n) is 2.76. The first kappa shape index (κ1) is 12.9. The first-order valence-electron chi connectivity index (χ1n) is 5.42. The summed E-state index contributed by atoms with van der Waals surface area (Å²) < 4.78 is 10.4. The van der Waals surface area contributed by atoms with Crippen molar-refractivity contribution in [3.05, 3.63) is 0 Å².